The predicted octanol–water partition coefficient (Wildman–Crippen LogP) is 8.95. The van der Waals surface area contributed by atoms with E-state index < -0.39 is 0 Å². The molecule has 0 saturated heterocycles. The molecule has 6 nitrogen and oxygen atoms in total. The van der Waals surface area contributed by atoms with Gasteiger partial charge in [-0.1, -0.05) is 72.9 Å². The summed E-state index contributed by atoms with van der Waals surface area (Å²) in [5, 5.41) is 8.68. The Morgan fingerprint density at radius 1 is 0.537 bits per heavy atom. The fraction of sp³-hybridized carbons (Fsp3) is 0.118. The molecule has 41 heavy (non-hydrogen) atoms. The summed E-state index contributed by atoms with van der Waals surface area (Å²) in [7, 11) is 0. The minimum atomic E-state index is 0. The van der Waals surface area contributed by atoms with Crippen molar-refractivity contribution in [1.29, 1.82) is 0 Å². The van der Waals surface area contributed by atoms with Crippen LogP contribution in [0.1, 0.15) is 27.7 Å². The Morgan fingerprint density at radius 3 is 1.27 bits per heavy atom. The molecule has 0 saturated carbocycles. The molecule has 0 bridgehead atoms. The predicted molar refractivity (Wildman–Crippen MR) is 166 cm³/mol. The quantitative estimate of drug-likeness (QED) is 0.267. The third kappa shape index (κ3) is 7.07. The number of rotatable bonds is 4. The van der Waals surface area contributed by atoms with Crippen LogP contribution in [0.4, 0.5) is 11.4 Å². The van der Waals surface area contributed by atoms with Gasteiger partial charge in [0.2, 0.25) is 0 Å². The standard InChI is InChI=1S/2C17H17N3.Fe/c2*1-14-15(2)20(17-9-4-3-5-10-17)13-19(14)12-16-8-6-7-11-18-16;/h2*3-13H,1-2H3;/q2*-2;+4/b2*16-12-;. The molecule has 2 aromatic carbocycles. The first-order chi connectivity index (χ1) is 19.5. The van der Waals surface area contributed by atoms with E-state index in [9.17, 15) is 0 Å². The maximum Gasteiger partial charge on any atom is 4.00 e. The second-order valence-corrected chi connectivity index (χ2v) is 9.57. The van der Waals surface area contributed by atoms with Crippen LogP contribution in [0.2, 0.25) is 0 Å². The van der Waals surface area contributed by atoms with Crippen LogP contribution in [0.3, 0.4) is 0 Å². The maximum atomic E-state index is 4.34. The average Bonchev–Trinajstić information content (AvgIpc) is 3.45. The van der Waals surface area contributed by atoms with Gasteiger partial charge < -0.3 is 30.2 Å². The van der Waals surface area contributed by atoms with Crippen LogP contribution in [0.15, 0.2) is 156 Å². The molecule has 7 heteroatoms. The van der Waals surface area contributed by atoms with Crippen LogP contribution >= 0.6 is 0 Å². The molecular formula is C34H34FeN6. The van der Waals surface area contributed by atoms with E-state index in [2.05, 4.69) is 120 Å². The second kappa shape index (κ2) is 13.8. The minimum absolute atomic E-state index is 0. The molecular weight excluding hydrogens is 548 g/mol. The summed E-state index contributed by atoms with van der Waals surface area (Å²) in [6.45, 7) is 12.7. The van der Waals surface area contributed by atoms with Crippen molar-refractivity contribution in [3.05, 3.63) is 180 Å². The zero-order valence-corrected chi connectivity index (χ0v) is 24.8. The third-order valence-corrected chi connectivity index (χ3v) is 7.01. The number of anilines is 2. The van der Waals surface area contributed by atoms with Gasteiger partial charge in [0.15, 0.2) is 0 Å². The van der Waals surface area contributed by atoms with Gasteiger partial charge in [-0.05, 0) is 64.4 Å². The Kier molecular flexibility index (Phi) is 10.0. The van der Waals surface area contributed by atoms with Crippen molar-refractivity contribution in [3.8, 4) is 0 Å². The van der Waals surface area contributed by atoms with Crippen LogP contribution < -0.4 is 9.80 Å². The fourth-order valence-corrected chi connectivity index (χ4v) is 4.47. The normalized spacial score (nSPS) is 19.5. The molecule has 0 spiro atoms. The van der Waals surface area contributed by atoms with Crippen LogP contribution in [-0.4, -0.2) is 9.80 Å². The molecule has 0 amide bonds. The molecule has 4 aliphatic heterocycles. The smallest absolute Gasteiger partial charge is 0.663 e. The monoisotopic (exact) mass is 582 g/mol. The van der Waals surface area contributed by atoms with E-state index >= 15 is 0 Å². The molecule has 0 unspecified atom stereocenters. The molecule has 0 aromatic heterocycles. The summed E-state index contributed by atoms with van der Waals surface area (Å²) in [4.78, 5) is 8.61. The summed E-state index contributed by atoms with van der Waals surface area (Å²) in [6.07, 6.45) is 19.6. The Hall–Kier alpha value is -4.32. The van der Waals surface area contributed by atoms with E-state index in [4.69, 9.17) is 0 Å². The molecule has 0 atom stereocenters. The summed E-state index contributed by atoms with van der Waals surface area (Å²) in [5.74, 6) is 0. The van der Waals surface area contributed by atoms with Crippen LogP contribution in [0.5, 0.6) is 0 Å². The van der Waals surface area contributed by atoms with Gasteiger partial charge in [-0.25, -0.2) is 0 Å². The number of hydrogen-bond donors (Lipinski definition) is 0. The number of allylic oxidation sites excluding steroid dienone is 10. The van der Waals surface area contributed by atoms with Crippen molar-refractivity contribution in [2.45, 2.75) is 27.7 Å². The zero-order valence-electron chi connectivity index (χ0n) is 23.7. The Bertz CT molecular complexity index is 1340. The number of benzene rings is 2. The fourth-order valence-electron chi connectivity index (χ4n) is 4.47. The topological polar surface area (TPSA) is 41.2 Å². The number of nitrogens with zero attached hydrogens (tertiary/aromatic N) is 6. The van der Waals surface area contributed by atoms with Crippen molar-refractivity contribution in [1.82, 2.24) is 9.80 Å². The van der Waals surface area contributed by atoms with Gasteiger partial charge in [0.05, 0.1) is 0 Å². The number of para-hydroxylation sites is 2. The SMILES string of the molecule is CC1=C(C)N(c2ccccc2)[CH-]N1/C=C1/C=CC=C[N-]1.CC1=C(C)N(c2ccccc2)[CH-]N1/C=C1/C=CC=C[N-]1.[Fe+4]. The van der Waals surface area contributed by atoms with Gasteiger partial charge in [0, 0.05) is 34.2 Å². The largest absolute Gasteiger partial charge is 4.00 e. The van der Waals surface area contributed by atoms with Gasteiger partial charge in [0.1, 0.15) is 0 Å². The molecule has 0 aliphatic carbocycles. The van der Waals surface area contributed by atoms with E-state index in [-0.39, 0.29) is 17.1 Å². The Morgan fingerprint density at radius 2 is 0.927 bits per heavy atom. The Balaban J connectivity index is 0.000000184. The second-order valence-electron chi connectivity index (χ2n) is 9.57. The van der Waals surface area contributed by atoms with Crippen LogP contribution in [-0.2, 0) is 17.1 Å². The van der Waals surface area contributed by atoms with Gasteiger partial charge in [0.25, 0.3) is 0 Å². The van der Waals surface area contributed by atoms with Crippen LogP contribution in [0.25, 0.3) is 10.6 Å². The summed E-state index contributed by atoms with van der Waals surface area (Å²) >= 11 is 0. The molecule has 0 radical (unpaired) electrons. The van der Waals surface area contributed by atoms with E-state index in [1.807, 2.05) is 73.4 Å². The maximum absolute atomic E-state index is 4.34. The average molecular weight is 583 g/mol. The molecule has 208 valence electrons. The van der Waals surface area contributed by atoms with Gasteiger partial charge in [-0.3, -0.25) is 0 Å². The van der Waals surface area contributed by atoms with Gasteiger partial charge in [-0.2, -0.15) is 12.4 Å². The number of hydrogen-bond acceptors (Lipinski definition) is 4. The molecule has 2 aromatic rings. The van der Waals surface area contributed by atoms with Gasteiger partial charge in [-0.15, -0.1) is 24.7 Å². The van der Waals surface area contributed by atoms with Crippen molar-refractivity contribution < 1.29 is 17.1 Å². The molecule has 4 heterocycles. The first kappa shape index (κ1) is 29.7. The molecule has 6 rings (SSSR count). The summed E-state index contributed by atoms with van der Waals surface area (Å²) < 4.78 is 0. The molecule has 0 N–H and O–H groups in total. The van der Waals surface area contributed by atoms with Crippen molar-refractivity contribution in [2.24, 2.45) is 0 Å². The first-order valence-corrected chi connectivity index (χ1v) is 13.3. The zero-order chi connectivity index (χ0) is 27.9. The van der Waals surface area contributed by atoms with Crippen molar-refractivity contribution >= 4 is 11.4 Å². The summed E-state index contributed by atoms with van der Waals surface area (Å²) in [6, 6.07) is 20.7. The third-order valence-electron chi connectivity index (χ3n) is 7.01. The molecule has 4 aliphatic rings. The van der Waals surface area contributed by atoms with Crippen molar-refractivity contribution in [3.63, 3.8) is 0 Å². The van der Waals surface area contributed by atoms with Gasteiger partial charge >= 0.3 is 17.1 Å². The molecule has 0 fully saturated rings. The van der Waals surface area contributed by atoms with E-state index in [1.54, 1.807) is 0 Å². The Labute approximate surface area is 255 Å². The first-order valence-electron chi connectivity index (χ1n) is 13.3. The van der Waals surface area contributed by atoms with E-state index in [0.717, 1.165) is 11.4 Å². The minimum Gasteiger partial charge on any atom is -0.663 e. The summed E-state index contributed by atoms with van der Waals surface area (Å²) in [5.41, 5.74) is 9.10. The van der Waals surface area contributed by atoms with Crippen molar-refractivity contribution in [2.75, 3.05) is 9.80 Å². The van der Waals surface area contributed by atoms with E-state index in [0.29, 0.717) is 0 Å². The van der Waals surface area contributed by atoms with E-state index in [1.165, 1.54) is 34.2 Å². The van der Waals surface area contributed by atoms with Crippen LogP contribution in [0, 0.1) is 13.3 Å².